The monoisotopic (exact) mass is 267 g/mol. The molecule has 0 amide bonds. The zero-order valence-electron chi connectivity index (χ0n) is 9.00. The van der Waals surface area contributed by atoms with Crippen molar-refractivity contribution in [1.29, 1.82) is 0 Å². The Labute approximate surface area is 103 Å². The summed E-state index contributed by atoms with van der Waals surface area (Å²) in [5.41, 5.74) is 4.15. The molecule has 2 N–H and O–H groups in total. The summed E-state index contributed by atoms with van der Waals surface area (Å²) in [5, 5.41) is 0. The minimum Gasteiger partial charge on any atom is -0.397 e. The highest BCUT2D eigenvalue weighted by atomic mass is 35.5. The number of alkyl halides is 3. The van der Waals surface area contributed by atoms with Crippen molar-refractivity contribution in [3.8, 4) is 0 Å². The highest BCUT2D eigenvalue weighted by molar-refractivity contribution is 5.85. The molecule has 2 heterocycles. The van der Waals surface area contributed by atoms with Crippen LogP contribution in [0.4, 0.5) is 24.7 Å². The van der Waals surface area contributed by atoms with Crippen LogP contribution < -0.4 is 10.6 Å². The lowest BCUT2D eigenvalue weighted by molar-refractivity contribution is -0.136. The highest BCUT2D eigenvalue weighted by Crippen LogP contribution is 2.35. The van der Waals surface area contributed by atoms with Gasteiger partial charge in [0.1, 0.15) is 5.82 Å². The van der Waals surface area contributed by atoms with E-state index in [4.69, 9.17) is 5.73 Å². The van der Waals surface area contributed by atoms with Gasteiger partial charge >= 0.3 is 6.18 Å². The molecule has 1 aromatic rings. The summed E-state index contributed by atoms with van der Waals surface area (Å²) < 4.78 is 37.8. The second-order valence-electron chi connectivity index (χ2n) is 3.82. The molecule has 1 aliphatic rings. The van der Waals surface area contributed by atoms with Crippen LogP contribution in [0.5, 0.6) is 0 Å². The summed E-state index contributed by atoms with van der Waals surface area (Å²) in [7, 11) is 0. The van der Waals surface area contributed by atoms with Crippen LogP contribution in [0.3, 0.4) is 0 Å². The Morgan fingerprint density at radius 1 is 1.24 bits per heavy atom. The molecular formula is C10H13ClF3N3. The molecule has 0 radical (unpaired) electrons. The van der Waals surface area contributed by atoms with Crippen molar-refractivity contribution in [3.63, 3.8) is 0 Å². The number of hydrogen-bond acceptors (Lipinski definition) is 3. The topological polar surface area (TPSA) is 42.1 Å². The molecule has 1 aromatic heterocycles. The molecule has 0 atom stereocenters. The summed E-state index contributed by atoms with van der Waals surface area (Å²) in [6, 6.07) is 1.03. The Morgan fingerprint density at radius 3 is 2.35 bits per heavy atom. The maximum absolute atomic E-state index is 12.6. The normalized spacial score (nSPS) is 15.8. The summed E-state index contributed by atoms with van der Waals surface area (Å²) >= 11 is 0. The number of anilines is 2. The van der Waals surface area contributed by atoms with Gasteiger partial charge in [-0.25, -0.2) is 4.98 Å². The minimum absolute atomic E-state index is 0. The molecule has 1 saturated heterocycles. The van der Waals surface area contributed by atoms with E-state index in [-0.39, 0.29) is 18.1 Å². The predicted octanol–water partition coefficient (Wildman–Crippen LogP) is 2.70. The Morgan fingerprint density at radius 2 is 1.82 bits per heavy atom. The van der Waals surface area contributed by atoms with Crippen LogP contribution in [0, 0.1) is 0 Å². The number of hydrogen-bond donors (Lipinski definition) is 1. The van der Waals surface area contributed by atoms with Crippen molar-refractivity contribution in [2.75, 3.05) is 23.7 Å². The first-order valence-electron chi connectivity index (χ1n) is 5.06. The van der Waals surface area contributed by atoms with Crippen molar-refractivity contribution >= 4 is 23.9 Å². The van der Waals surface area contributed by atoms with Gasteiger partial charge in [0, 0.05) is 13.1 Å². The molecule has 0 saturated carbocycles. The quantitative estimate of drug-likeness (QED) is 0.851. The van der Waals surface area contributed by atoms with Crippen molar-refractivity contribution in [1.82, 2.24) is 4.98 Å². The SMILES string of the molecule is Cl.Nc1cnc(N2CCCC2)cc1C(F)(F)F. The first-order chi connectivity index (χ1) is 7.48. The van der Waals surface area contributed by atoms with Gasteiger partial charge < -0.3 is 10.6 Å². The van der Waals surface area contributed by atoms with E-state index >= 15 is 0 Å². The van der Waals surface area contributed by atoms with Gasteiger partial charge in [-0.15, -0.1) is 12.4 Å². The first-order valence-corrected chi connectivity index (χ1v) is 5.06. The second-order valence-corrected chi connectivity index (χ2v) is 3.82. The average Bonchev–Trinajstić information content (AvgIpc) is 2.69. The van der Waals surface area contributed by atoms with Gasteiger partial charge in [0.05, 0.1) is 17.4 Å². The van der Waals surface area contributed by atoms with E-state index in [2.05, 4.69) is 4.98 Å². The molecule has 17 heavy (non-hydrogen) atoms. The summed E-state index contributed by atoms with van der Waals surface area (Å²) in [6.07, 6.45) is -1.35. The van der Waals surface area contributed by atoms with E-state index in [0.29, 0.717) is 5.82 Å². The Bertz CT molecular complexity index is 389. The number of nitrogens with two attached hydrogens (primary N) is 1. The maximum Gasteiger partial charge on any atom is 0.418 e. The van der Waals surface area contributed by atoms with E-state index in [1.165, 1.54) is 0 Å². The van der Waals surface area contributed by atoms with Gasteiger partial charge in [-0.3, -0.25) is 0 Å². The van der Waals surface area contributed by atoms with E-state index in [9.17, 15) is 13.2 Å². The maximum atomic E-state index is 12.6. The average molecular weight is 268 g/mol. The minimum atomic E-state index is -4.42. The molecule has 0 bridgehead atoms. The molecule has 96 valence electrons. The van der Waals surface area contributed by atoms with Crippen LogP contribution in [0.25, 0.3) is 0 Å². The highest BCUT2D eigenvalue weighted by Gasteiger charge is 2.34. The van der Waals surface area contributed by atoms with Gasteiger partial charge in [-0.2, -0.15) is 13.2 Å². The number of nitrogen functional groups attached to an aromatic ring is 1. The lowest BCUT2D eigenvalue weighted by Gasteiger charge is -2.18. The zero-order valence-corrected chi connectivity index (χ0v) is 9.81. The Balaban J connectivity index is 0.00000144. The van der Waals surface area contributed by atoms with Crippen LogP contribution in [-0.2, 0) is 6.18 Å². The van der Waals surface area contributed by atoms with Crippen LogP contribution in [0.15, 0.2) is 12.3 Å². The number of rotatable bonds is 1. The smallest absolute Gasteiger partial charge is 0.397 e. The second kappa shape index (κ2) is 5.00. The van der Waals surface area contributed by atoms with E-state index in [0.717, 1.165) is 38.2 Å². The molecule has 2 rings (SSSR count). The molecule has 0 aliphatic carbocycles. The van der Waals surface area contributed by atoms with Gasteiger partial charge in [0.15, 0.2) is 0 Å². The van der Waals surface area contributed by atoms with Crippen molar-refractivity contribution in [2.45, 2.75) is 19.0 Å². The van der Waals surface area contributed by atoms with Crippen LogP contribution in [-0.4, -0.2) is 18.1 Å². The predicted molar refractivity (Wildman–Crippen MR) is 62.3 cm³/mol. The van der Waals surface area contributed by atoms with Gasteiger partial charge in [0.25, 0.3) is 0 Å². The lowest BCUT2D eigenvalue weighted by Crippen LogP contribution is -2.20. The fourth-order valence-corrected chi connectivity index (χ4v) is 1.82. The van der Waals surface area contributed by atoms with E-state index in [1.54, 1.807) is 0 Å². The molecule has 0 aromatic carbocycles. The van der Waals surface area contributed by atoms with Crippen molar-refractivity contribution < 1.29 is 13.2 Å². The Hall–Kier alpha value is -1.17. The number of halogens is 4. The lowest BCUT2D eigenvalue weighted by atomic mass is 10.2. The number of aromatic nitrogens is 1. The van der Waals surface area contributed by atoms with Crippen LogP contribution in [0.2, 0.25) is 0 Å². The number of pyridine rings is 1. The fourth-order valence-electron chi connectivity index (χ4n) is 1.82. The summed E-state index contributed by atoms with van der Waals surface area (Å²) in [4.78, 5) is 5.78. The molecule has 3 nitrogen and oxygen atoms in total. The van der Waals surface area contributed by atoms with Crippen LogP contribution >= 0.6 is 12.4 Å². The molecule has 1 aliphatic heterocycles. The molecular weight excluding hydrogens is 255 g/mol. The standard InChI is InChI=1S/C10H12F3N3.ClH/c11-10(12,13)7-5-9(15-6-8(7)14)16-3-1-2-4-16;/h5-6H,1-4,14H2;1H. The molecule has 0 spiro atoms. The molecule has 7 heteroatoms. The van der Waals surface area contributed by atoms with Gasteiger partial charge in [0.2, 0.25) is 0 Å². The zero-order chi connectivity index (χ0) is 11.8. The first kappa shape index (κ1) is 13.9. The third kappa shape index (κ3) is 2.94. The third-order valence-corrected chi connectivity index (χ3v) is 2.66. The van der Waals surface area contributed by atoms with Crippen molar-refractivity contribution in [2.24, 2.45) is 0 Å². The van der Waals surface area contributed by atoms with E-state index in [1.807, 2.05) is 4.90 Å². The molecule has 0 unspecified atom stereocenters. The van der Waals surface area contributed by atoms with Crippen molar-refractivity contribution in [3.05, 3.63) is 17.8 Å². The largest absolute Gasteiger partial charge is 0.418 e. The summed E-state index contributed by atoms with van der Waals surface area (Å²) in [5.74, 6) is 0.360. The Kier molecular flexibility index (Phi) is 4.08. The summed E-state index contributed by atoms with van der Waals surface area (Å²) in [6.45, 7) is 1.52. The molecule has 1 fully saturated rings. The third-order valence-electron chi connectivity index (χ3n) is 2.66. The van der Waals surface area contributed by atoms with Gasteiger partial charge in [-0.05, 0) is 18.9 Å². The van der Waals surface area contributed by atoms with Crippen LogP contribution in [0.1, 0.15) is 18.4 Å². The van der Waals surface area contributed by atoms with Gasteiger partial charge in [-0.1, -0.05) is 0 Å². The fraction of sp³-hybridized carbons (Fsp3) is 0.500. The number of nitrogens with zero attached hydrogens (tertiary/aromatic N) is 2. The van der Waals surface area contributed by atoms with E-state index < -0.39 is 11.7 Å².